The van der Waals surface area contributed by atoms with Gasteiger partial charge in [-0.1, -0.05) is 31.9 Å². The molecule has 0 radical (unpaired) electrons. The molecule has 0 heterocycles. The molecule has 0 atom stereocenters. The Morgan fingerprint density at radius 3 is 2.42 bits per heavy atom. The first-order valence-corrected chi connectivity index (χ1v) is 5.41. The lowest BCUT2D eigenvalue weighted by Crippen LogP contribution is -2.22. The Morgan fingerprint density at radius 2 is 1.92 bits per heavy atom. The summed E-state index contributed by atoms with van der Waals surface area (Å²) in [6.45, 7) is 6.82. The SMILES string of the molecule is CCC=C(C)CC1CC(CC)C1. The summed E-state index contributed by atoms with van der Waals surface area (Å²) in [5, 5.41) is 0. The van der Waals surface area contributed by atoms with Gasteiger partial charge in [-0.05, 0) is 44.4 Å². The van der Waals surface area contributed by atoms with Gasteiger partial charge in [-0.3, -0.25) is 0 Å². The Kier molecular flexibility index (Phi) is 3.84. The van der Waals surface area contributed by atoms with Crippen molar-refractivity contribution in [2.45, 2.75) is 52.9 Å². The van der Waals surface area contributed by atoms with E-state index in [2.05, 4.69) is 26.8 Å². The van der Waals surface area contributed by atoms with E-state index in [-0.39, 0.29) is 0 Å². The summed E-state index contributed by atoms with van der Waals surface area (Å²) in [6.07, 6.45) is 9.32. The molecular weight excluding hydrogens is 144 g/mol. The lowest BCUT2D eigenvalue weighted by Gasteiger charge is -2.35. The van der Waals surface area contributed by atoms with E-state index in [1.165, 1.54) is 32.1 Å². The van der Waals surface area contributed by atoms with Crippen LogP contribution in [-0.2, 0) is 0 Å². The van der Waals surface area contributed by atoms with Crippen molar-refractivity contribution in [2.24, 2.45) is 11.8 Å². The second-order valence-corrected chi connectivity index (χ2v) is 4.27. The maximum absolute atomic E-state index is 2.37. The molecule has 1 rings (SSSR count). The van der Waals surface area contributed by atoms with Crippen LogP contribution in [0.4, 0.5) is 0 Å². The van der Waals surface area contributed by atoms with Gasteiger partial charge in [0.05, 0.1) is 0 Å². The highest BCUT2D eigenvalue weighted by molar-refractivity contribution is 5.00. The molecule has 0 aromatic heterocycles. The summed E-state index contributed by atoms with van der Waals surface area (Å²) >= 11 is 0. The van der Waals surface area contributed by atoms with E-state index in [0.29, 0.717) is 0 Å². The van der Waals surface area contributed by atoms with Crippen molar-refractivity contribution in [3.8, 4) is 0 Å². The average Bonchev–Trinajstić information content (AvgIpc) is 1.96. The number of hydrogen-bond acceptors (Lipinski definition) is 0. The fourth-order valence-electron chi connectivity index (χ4n) is 2.26. The molecule has 0 heteroatoms. The lowest BCUT2D eigenvalue weighted by molar-refractivity contribution is 0.187. The van der Waals surface area contributed by atoms with Crippen LogP contribution in [0.25, 0.3) is 0 Å². The molecule has 1 saturated carbocycles. The lowest BCUT2D eigenvalue weighted by atomic mass is 9.71. The summed E-state index contributed by atoms with van der Waals surface area (Å²) in [6, 6.07) is 0. The van der Waals surface area contributed by atoms with Gasteiger partial charge in [0.15, 0.2) is 0 Å². The van der Waals surface area contributed by atoms with Gasteiger partial charge in [0, 0.05) is 0 Å². The molecule has 0 bridgehead atoms. The van der Waals surface area contributed by atoms with Crippen LogP contribution >= 0.6 is 0 Å². The Labute approximate surface area is 77.1 Å². The maximum Gasteiger partial charge on any atom is -0.0294 e. The van der Waals surface area contributed by atoms with E-state index in [9.17, 15) is 0 Å². The van der Waals surface area contributed by atoms with Crippen LogP contribution in [0.3, 0.4) is 0 Å². The van der Waals surface area contributed by atoms with Gasteiger partial charge in [0.25, 0.3) is 0 Å². The Bertz CT molecular complexity index is 149. The standard InChI is InChI=1S/C12H22/c1-4-6-10(3)7-12-8-11(5-2)9-12/h6,11-12H,4-5,7-9H2,1-3H3. The molecule has 0 aromatic rings. The predicted molar refractivity (Wildman–Crippen MR) is 55.2 cm³/mol. The first-order valence-electron chi connectivity index (χ1n) is 5.41. The predicted octanol–water partition coefficient (Wildman–Crippen LogP) is 4.17. The molecule has 1 fully saturated rings. The van der Waals surface area contributed by atoms with Crippen LogP contribution < -0.4 is 0 Å². The Balaban J connectivity index is 2.14. The largest absolute Gasteiger partial charge is 0.0859 e. The molecule has 0 aliphatic heterocycles. The second-order valence-electron chi connectivity index (χ2n) is 4.27. The zero-order chi connectivity index (χ0) is 8.97. The minimum absolute atomic E-state index is 1.03. The van der Waals surface area contributed by atoms with Crippen LogP contribution in [0.5, 0.6) is 0 Å². The fourth-order valence-corrected chi connectivity index (χ4v) is 2.26. The molecule has 0 saturated heterocycles. The fraction of sp³-hybridized carbons (Fsp3) is 0.833. The molecule has 0 nitrogen and oxygen atoms in total. The van der Waals surface area contributed by atoms with Gasteiger partial charge in [-0.2, -0.15) is 0 Å². The van der Waals surface area contributed by atoms with Gasteiger partial charge in [0.1, 0.15) is 0 Å². The zero-order valence-corrected chi connectivity index (χ0v) is 8.77. The van der Waals surface area contributed by atoms with E-state index in [1.807, 2.05) is 0 Å². The summed E-state index contributed by atoms with van der Waals surface area (Å²) in [5.41, 5.74) is 1.61. The van der Waals surface area contributed by atoms with Crippen molar-refractivity contribution in [1.29, 1.82) is 0 Å². The van der Waals surface area contributed by atoms with E-state index in [4.69, 9.17) is 0 Å². The summed E-state index contributed by atoms with van der Waals surface area (Å²) in [7, 11) is 0. The van der Waals surface area contributed by atoms with E-state index >= 15 is 0 Å². The van der Waals surface area contributed by atoms with Gasteiger partial charge in [-0.15, -0.1) is 0 Å². The molecule has 1 aliphatic carbocycles. The minimum Gasteiger partial charge on any atom is -0.0859 e. The van der Waals surface area contributed by atoms with E-state index in [0.717, 1.165) is 11.8 Å². The first kappa shape index (κ1) is 9.83. The topological polar surface area (TPSA) is 0 Å². The van der Waals surface area contributed by atoms with Gasteiger partial charge >= 0.3 is 0 Å². The Hall–Kier alpha value is -0.260. The minimum atomic E-state index is 1.03. The quantitative estimate of drug-likeness (QED) is 0.550. The maximum atomic E-state index is 2.37. The highest BCUT2D eigenvalue weighted by atomic mass is 14.3. The van der Waals surface area contributed by atoms with Crippen molar-refractivity contribution < 1.29 is 0 Å². The highest BCUT2D eigenvalue weighted by Gasteiger charge is 2.26. The third kappa shape index (κ3) is 2.66. The van der Waals surface area contributed by atoms with Crippen molar-refractivity contribution in [3.05, 3.63) is 11.6 Å². The molecule has 0 unspecified atom stereocenters. The smallest absolute Gasteiger partial charge is 0.0294 e. The van der Waals surface area contributed by atoms with Crippen molar-refractivity contribution >= 4 is 0 Å². The number of rotatable bonds is 4. The molecule has 0 N–H and O–H groups in total. The van der Waals surface area contributed by atoms with Crippen LogP contribution in [0.2, 0.25) is 0 Å². The first-order chi connectivity index (χ1) is 5.76. The summed E-state index contributed by atoms with van der Waals surface area (Å²) < 4.78 is 0. The second kappa shape index (κ2) is 4.69. The molecule has 0 aromatic carbocycles. The molecule has 1 aliphatic rings. The third-order valence-corrected chi connectivity index (χ3v) is 3.07. The Morgan fingerprint density at radius 1 is 1.25 bits per heavy atom. The molecule has 0 spiro atoms. The van der Waals surface area contributed by atoms with Crippen LogP contribution in [0, 0.1) is 11.8 Å². The van der Waals surface area contributed by atoms with Crippen LogP contribution in [0.1, 0.15) is 52.9 Å². The number of hydrogen-bond donors (Lipinski definition) is 0. The van der Waals surface area contributed by atoms with Gasteiger partial charge in [-0.25, -0.2) is 0 Å². The zero-order valence-electron chi connectivity index (χ0n) is 8.77. The summed E-state index contributed by atoms with van der Waals surface area (Å²) in [4.78, 5) is 0. The van der Waals surface area contributed by atoms with Crippen molar-refractivity contribution in [2.75, 3.05) is 0 Å². The average molecular weight is 166 g/mol. The normalized spacial score (nSPS) is 30.1. The monoisotopic (exact) mass is 166 g/mol. The molecule has 12 heavy (non-hydrogen) atoms. The van der Waals surface area contributed by atoms with Gasteiger partial charge < -0.3 is 0 Å². The van der Waals surface area contributed by atoms with Crippen LogP contribution in [-0.4, -0.2) is 0 Å². The van der Waals surface area contributed by atoms with E-state index < -0.39 is 0 Å². The number of allylic oxidation sites excluding steroid dienone is 2. The summed E-state index contributed by atoms with van der Waals surface area (Å²) in [5.74, 6) is 2.09. The van der Waals surface area contributed by atoms with E-state index in [1.54, 1.807) is 5.57 Å². The van der Waals surface area contributed by atoms with Crippen LogP contribution in [0.15, 0.2) is 11.6 Å². The van der Waals surface area contributed by atoms with Crippen molar-refractivity contribution in [3.63, 3.8) is 0 Å². The highest BCUT2D eigenvalue weighted by Crippen LogP contribution is 2.39. The molecule has 70 valence electrons. The third-order valence-electron chi connectivity index (χ3n) is 3.07. The molecule has 0 amide bonds. The van der Waals surface area contributed by atoms with Gasteiger partial charge in [0.2, 0.25) is 0 Å². The van der Waals surface area contributed by atoms with Crippen molar-refractivity contribution in [1.82, 2.24) is 0 Å². The molecular formula is C12H22.